The molecule has 4 amide bonds. The number of benzene rings is 2. The van der Waals surface area contributed by atoms with E-state index >= 15 is 0 Å². The maximum atomic E-state index is 13.2. The van der Waals surface area contributed by atoms with Crippen molar-refractivity contribution < 1.29 is 19.2 Å². The first-order chi connectivity index (χ1) is 16.8. The molecule has 0 aliphatic carbocycles. The average molecular weight is 482 g/mol. The van der Waals surface area contributed by atoms with Gasteiger partial charge in [-0.15, -0.1) is 0 Å². The summed E-state index contributed by atoms with van der Waals surface area (Å²) in [4.78, 5) is 52.1. The molecule has 1 heterocycles. The average Bonchev–Trinajstić information content (AvgIpc) is 3.34. The second-order valence-electron chi connectivity index (χ2n) is 9.04. The van der Waals surface area contributed by atoms with Crippen LogP contribution in [0.4, 0.5) is 0 Å². The molecule has 9 nitrogen and oxygen atoms in total. The first kappa shape index (κ1) is 26.2. The van der Waals surface area contributed by atoms with Crippen molar-refractivity contribution in [2.24, 2.45) is 11.5 Å². The molecular formula is C26H35N5O4. The number of nitrogens with two attached hydrogens (primary N) is 2. The highest BCUT2D eigenvalue weighted by Crippen LogP contribution is 2.23. The first-order valence-electron chi connectivity index (χ1n) is 12.2. The fourth-order valence-electron chi connectivity index (χ4n) is 4.46. The van der Waals surface area contributed by atoms with E-state index in [-0.39, 0.29) is 18.2 Å². The molecule has 3 unspecified atom stereocenters. The third kappa shape index (κ3) is 6.79. The summed E-state index contributed by atoms with van der Waals surface area (Å²) in [6.45, 7) is 2.45. The van der Waals surface area contributed by atoms with Crippen LogP contribution >= 0.6 is 0 Å². The molecule has 1 aliphatic rings. The van der Waals surface area contributed by atoms with Crippen LogP contribution in [0, 0.1) is 0 Å². The summed E-state index contributed by atoms with van der Waals surface area (Å²) in [5.74, 6) is -1.63. The number of amides is 4. The topological polar surface area (TPSA) is 148 Å². The van der Waals surface area contributed by atoms with Crippen molar-refractivity contribution in [3.8, 4) is 0 Å². The number of carbonyl (C=O) groups is 4. The van der Waals surface area contributed by atoms with Gasteiger partial charge in [0.2, 0.25) is 23.6 Å². The predicted molar refractivity (Wildman–Crippen MR) is 134 cm³/mol. The summed E-state index contributed by atoms with van der Waals surface area (Å²) in [7, 11) is 0. The lowest BCUT2D eigenvalue weighted by atomic mass is 10.0. The Morgan fingerprint density at radius 2 is 1.80 bits per heavy atom. The Hall–Kier alpha value is -3.46. The SMILES string of the molecule is CC(NC(=O)C(CCCCN)NC(=O)C1CCCN1C(=O)Cc1cccc2ccccc12)C(N)=O. The summed E-state index contributed by atoms with van der Waals surface area (Å²) in [5, 5.41) is 7.43. The van der Waals surface area contributed by atoms with Gasteiger partial charge in [-0.2, -0.15) is 0 Å². The Labute approximate surface area is 205 Å². The van der Waals surface area contributed by atoms with Crippen molar-refractivity contribution in [3.63, 3.8) is 0 Å². The maximum absolute atomic E-state index is 13.2. The second-order valence-corrected chi connectivity index (χ2v) is 9.04. The number of unbranched alkanes of at least 4 members (excludes halogenated alkanes) is 1. The molecule has 0 radical (unpaired) electrons. The standard InChI is InChI=1S/C26H35N5O4/c1-17(24(28)33)29-25(34)21(12-4-5-14-27)30-26(35)22-13-7-15-31(22)23(32)16-19-10-6-9-18-8-2-3-11-20(18)19/h2-3,6,8-11,17,21-22H,4-5,7,12-16,27H2,1H3,(H2,28,33)(H,29,34)(H,30,35). The van der Waals surface area contributed by atoms with Gasteiger partial charge in [-0.25, -0.2) is 0 Å². The minimum Gasteiger partial charge on any atom is -0.368 e. The molecule has 9 heteroatoms. The van der Waals surface area contributed by atoms with Crippen molar-refractivity contribution in [3.05, 3.63) is 48.0 Å². The lowest BCUT2D eigenvalue weighted by Crippen LogP contribution is -2.55. The molecule has 0 saturated carbocycles. The molecule has 6 N–H and O–H groups in total. The molecular weight excluding hydrogens is 446 g/mol. The fraction of sp³-hybridized carbons (Fsp3) is 0.462. The van der Waals surface area contributed by atoms with Crippen LogP contribution in [0.15, 0.2) is 42.5 Å². The minimum atomic E-state index is -0.860. The van der Waals surface area contributed by atoms with E-state index in [1.807, 2.05) is 42.5 Å². The van der Waals surface area contributed by atoms with Gasteiger partial charge in [-0.1, -0.05) is 42.5 Å². The Kier molecular flexibility index (Phi) is 9.19. The highest BCUT2D eigenvalue weighted by molar-refractivity contribution is 5.95. The van der Waals surface area contributed by atoms with E-state index in [1.54, 1.807) is 4.90 Å². The molecule has 3 atom stereocenters. The number of fused-ring (bicyclic) bond motifs is 1. The molecule has 35 heavy (non-hydrogen) atoms. The largest absolute Gasteiger partial charge is 0.368 e. The normalized spacial score (nSPS) is 17.1. The zero-order valence-electron chi connectivity index (χ0n) is 20.2. The second kappa shape index (κ2) is 12.3. The Bertz CT molecular complexity index is 1070. The number of likely N-dealkylation sites (tertiary alicyclic amines) is 1. The van der Waals surface area contributed by atoms with E-state index in [9.17, 15) is 19.2 Å². The quantitative estimate of drug-likeness (QED) is 0.353. The molecule has 0 bridgehead atoms. The van der Waals surface area contributed by atoms with Crippen LogP contribution in [-0.2, 0) is 25.6 Å². The van der Waals surface area contributed by atoms with E-state index in [0.717, 1.165) is 16.3 Å². The first-order valence-corrected chi connectivity index (χ1v) is 12.2. The van der Waals surface area contributed by atoms with Gasteiger partial charge in [-0.05, 0) is 61.9 Å². The van der Waals surface area contributed by atoms with Crippen molar-refractivity contribution >= 4 is 34.4 Å². The predicted octanol–water partition coefficient (Wildman–Crippen LogP) is 0.977. The summed E-state index contributed by atoms with van der Waals surface area (Å²) in [5.41, 5.74) is 11.7. The third-order valence-corrected chi connectivity index (χ3v) is 6.46. The lowest BCUT2D eigenvalue weighted by Gasteiger charge is -2.27. The molecule has 188 valence electrons. The fourth-order valence-corrected chi connectivity index (χ4v) is 4.46. The van der Waals surface area contributed by atoms with Gasteiger partial charge in [0.15, 0.2) is 0 Å². The highest BCUT2D eigenvalue weighted by atomic mass is 16.2. The van der Waals surface area contributed by atoms with Crippen LogP contribution in [0.5, 0.6) is 0 Å². The van der Waals surface area contributed by atoms with Crippen molar-refractivity contribution in [1.82, 2.24) is 15.5 Å². The number of rotatable bonds is 11. The maximum Gasteiger partial charge on any atom is 0.243 e. The van der Waals surface area contributed by atoms with E-state index in [2.05, 4.69) is 10.6 Å². The minimum absolute atomic E-state index is 0.120. The van der Waals surface area contributed by atoms with Crippen LogP contribution < -0.4 is 22.1 Å². The number of nitrogens with one attached hydrogen (secondary N) is 2. The number of carbonyl (C=O) groups excluding carboxylic acids is 4. The summed E-state index contributed by atoms with van der Waals surface area (Å²) in [6.07, 6.45) is 3.14. The Balaban J connectivity index is 1.69. The van der Waals surface area contributed by atoms with Crippen molar-refractivity contribution in [2.75, 3.05) is 13.1 Å². The Morgan fingerprint density at radius 1 is 1.06 bits per heavy atom. The number of hydrogen-bond acceptors (Lipinski definition) is 5. The van der Waals surface area contributed by atoms with Crippen LogP contribution in [-0.4, -0.2) is 59.7 Å². The molecule has 2 aromatic rings. The van der Waals surface area contributed by atoms with E-state index < -0.39 is 29.9 Å². The molecule has 0 spiro atoms. The van der Waals surface area contributed by atoms with Gasteiger partial charge in [0, 0.05) is 6.54 Å². The van der Waals surface area contributed by atoms with E-state index in [1.165, 1.54) is 6.92 Å². The van der Waals surface area contributed by atoms with Crippen molar-refractivity contribution in [2.45, 2.75) is 63.6 Å². The molecule has 1 saturated heterocycles. The molecule has 1 fully saturated rings. The van der Waals surface area contributed by atoms with Crippen molar-refractivity contribution in [1.29, 1.82) is 0 Å². The monoisotopic (exact) mass is 481 g/mol. The van der Waals surface area contributed by atoms with E-state index in [0.29, 0.717) is 45.2 Å². The summed E-state index contributed by atoms with van der Waals surface area (Å²) in [6, 6.07) is 11.4. The third-order valence-electron chi connectivity index (χ3n) is 6.46. The smallest absolute Gasteiger partial charge is 0.243 e. The molecule has 0 aromatic heterocycles. The van der Waals surface area contributed by atoms with Gasteiger partial charge < -0.3 is 27.0 Å². The van der Waals surface area contributed by atoms with Crippen LogP contribution in [0.25, 0.3) is 10.8 Å². The van der Waals surface area contributed by atoms with Gasteiger partial charge in [0.05, 0.1) is 6.42 Å². The summed E-state index contributed by atoms with van der Waals surface area (Å²) < 4.78 is 0. The Morgan fingerprint density at radius 3 is 2.54 bits per heavy atom. The van der Waals surface area contributed by atoms with Crippen LogP contribution in [0.3, 0.4) is 0 Å². The molecule has 3 rings (SSSR count). The van der Waals surface area contributed by atoms with Gasteiger partial charge in [-0.3, -0.25) is 19.2 Å². The van der Waals surface area contributed by atoms with Gasteiger partial charge >= 0.3 is 0 Å². The van der Waals surface area contributed by atoms with Gasteiger partial charge in [0.1, 0.15) is 18.1 Å². The molecule has 1 aliphatic heterocycles. The van der Waals surface area contributed by atoms with Crippen LogP contribution in [0.2, 0.25) is 0 Å². The van der Waals surface area contributed by atoms with E-state index in [4.69, 9.17) is 11.5 Å². The molecule has 2 aromatic carbocycles. The number of hydrogen-bond donors (Lipinski definition) is 4. The van der Waals surface area contributed by atoms with Crippen LogP contribution in [0.1, 0.15) is 44.6 Å². The van der Waals surface area contributed by atoms with Gasteiger partial charge in [0.25, 0.3) is 0 Å². The number of nitrogens with zero attached hydrogens (tertiary/aromatic N) is 1. The number of primary amides is 1. The highest BCUT2D eigenvalue weighted by Gasteiger charge is 2.36. The lowest BCUT2D eigenvalue weighted by molar-refractivity contribution is -0.139. The summed E-state index contributed by atoms with van der Waals surface area (Å²) >= 11 is 0. The zero-order chi connectivity index (χ0) is 25.4. The zero-order valence-corrected chi connectivity index (χ0v) is 20.2.